The van der Waals surface area contributed by atoms with Crippen LogP contribution in [0.5, 0.6) is 0 Å². The Morgan fingerprint density at radius 1 is 1.27 bits per heavy atom. The van der Waals surface area contributed by atoms with Crippen molar-refractivity contribution in [2.24, 2.45) is 0 Å². The first-order chi connectivity index (χ1) is 10.5. The van der Waals surface area contributed by atoms with Crippen molar-refractivity contribution in [3.8, 4) is 0 Å². The summed E-state index contributed by atoms with van der Waals surface area (Å²) >= 11 is 0. The van der Waals surface area contributed by atoms with E-state index < -0.39 is 0 Å². The van der Waals surface area contributed by atoms with Gasteiger partial charge in [-0.1, -0.05) is 17.7 Å². The van der Waals surface area contributed by atoms with Crippen molar-refractivity contribution in [1.82, 2.24) is 0 Å². The summed E-state index contributed by atoms with van der Waals surface area (Å²) in [4.78, 5) is 13.5. The summed E-state index contributed by atoms with van der Waals surface area (Å²) < 4.78 is 5.75. The minimum Gasteiger partial charge on any atom is -0.372 e. The van der Waals surface area contributed by atoms with E-state index in [0.717, 1.165) is 36.4 Å². The van der Waals surface area contributed by atoms with Crippen molar-refractivity contribution in [3.05, 3.63) is 28.8 Å². The van der Waals surface area contributed by atoms with E-state index in [1.54, 1.807) is 0 Å². The molecule has 1 aromatic rings. The van der Waals surface area contributed by atoms with E-state index in [2.05, 4.69) is 31.4 Å². The maximum Gasteiger partial charge on any atom is 0.279 e. The highest BCUT2D eigenvalue weighted by molar-refractivity contribution is 5.93. The molecule has 0 saturated carbocycles. The Kier molecular flexibility index (Phi) is 5.98. The molecule has 122 valence electrons. The number of hydrogen-bond acceptors (Lipinski definition) is 2. The van der Waals surface area contributed by atoms with Crippen molar-refractivity contribution in [1.29, 1.82) is 0 Å². The van der Waals surface area contributed by atoms with Gasteiger partial charge in [0.25, 0.3) is 5.91 Å². The van der Waals surface area contributed by atoms with Gasteiger partial charge >= 0.3 is 0 Å². The zero-order valence-corrected chi connectivity index (χ0v) is 14.3. The van der Waals surface area contributed by atoms with Gasteiger partial charge in [-0.15, -0.1) is 0 Å². The van der Waals surface area contributed by atoms with Crippen molar-refractivity contribution in [3.63, 3.8) is 0 Å². The van der Waals surface area contributed by atoms with Gasteiger partial charge in [-0.3, -0.25) is 4.79 Å². The number of aryl methyl sites for hydroxylation is 3. The van der Waals surface area contributed by atoms with Gasteiger partial charge in [-0.05, 0) is 51.2 Å². The molecule has 2 atom stereocenters. The van der Waals surface area contributed by atoms with E-state index in [0.29, 0.717) is 12.6 Å². The predicted octanol–water partition coefficient (Wildman–Crippen LogP) is 1.63. The van der Waals surface area contributed by atoms with Crippen LogP contribution in [-0.2, 0) is 9.53 Å². The molecule has 1 aromatic carbocycles. The fourth-order valence-corrected chi connectivity index (χ4v) is 3.26. The van der Waals surface area contributed by atoms with Gasteiger partial charge in [0, 0.05) is 12.3 Å². The standard InChI is InChI=1S/C18H28N2O2/c1-13-9-14(2)18(15(3)10-13)19-17(21)12-20(4)11-16-7-5-6-8-22-16/h9-10,16H,5-8,11-12H2,1-4H3,(H,19,21)/p+1/t16-/m0/s1. The smallest absolute Gasteiger partial charge is 0.279 e. The van der Waals surface area contributed by atoms with E-state index >= 15 is 0 Å². The molecule has 4 nitrogen and oxygen atoms in total. The Bertz CT molecular complexity index is 499. The fourth-order valence-electron chi connectivity index (χ4n) is 3.26. The summed E-state index contributed by atoms with van der Waals surface area (Å²) in [7, 11) is 2.06. The number of amides is 1. The number of rotatable bonds is 5. The number of anilines is 1. The minimum atomic E-state index is 0.0726. The van der Waals surface area contributed by atoms with Gasteiger partial charge in [0.2, 0.25) is 0 Å². The van der Waals surface area contributed by atoms with Crippen molar-refractivity contribution >= 4 is 11.6 Å². The van der Waals surface area contributed by atoms with Gasteiger partial charge in [0.15, 0.2) is 6.54 Å². The number of quaternary nitrogens is 1. The summed E-state index contributed by atoms with van der Waals surface area (Å²) in [5.41, 5.74) is 4.43. The van der Waals surface area contributed by atoms with E-state index in [1.807, 2.05) is 13.8 Å². The lowest BCUT2D eigenvalue weighted by atomic mass is 10.1. The van der Waals surface area contributed by atoms with Crippen LogP contribution >= 0.6 is 0 Å². The minimum absolute atomic E-state index is 0.0726. The quantitative estimate of drug-likeness (QED) is 0.868. The number of carbonyl (C=O) groups excluding carboxylic acids is 1. The molecular weight excluding hydrogens is 276 g/mol. The van der Waals surface area contributed by atoms with E-state index in [9.17, 15) is 4.79 Å². The summed E-state index contributed by atoms with van der Waals surface area (Å²) in [6, 6.07) is 4.21. The Labute approximate surface area is 133 Å². The lowest BCUT2D eigenvalue weighted by Crippen LogP contribution is -3.11. The summed E-state index contributed by atoms with van der Waals surface area (Å²) in [5.74, 6) is 0.0726. The number of carbonyl (C=O) groups is 1. The number of ether oxygens (including phenoxy) is 1. The highest BCUT2D eigenvalue weighted by atomic mass is 16.5. The van der Waals surface area contributed by atoms with Gasteiger partial charge in [0.05, 0.1) is 7.05 Å². The molecule has 22 heavy (non-hydrogen) atoms. The third-order valence-electron chi connectivity index (χ3n) is 4.25. The Morgan fingerprint density at radius 3 is 2.55 bits per heavy atom. The van der Waals surface area contributed by atoms with Crippen molar-refractivity contribution < 1.29 is 14.4 Å². The molecule has 1 saturated heterocycles. The average Bonchev–Trinajstić information content (AvgIpc) is 2.43. The van der Waals surface area contributed by atoms with Gasteiger partial charge < -0.3 is 15.0 Å². The molecule has 1 aliphatic rings. The summed E-state index contributed by atoms with van der Waals surface area (Å²) in [6.07, 6.45) is 3.84. The first kappa shape index (κ1) is 17.0. The second kappa shape index (κ2) is 7.75. The Balaban J connectivity index is 1.87. The van der Waals surface area contributed by atoms with Crippen LogP contribution < -0.4 is 10.2 Å². The zero-order valence-electron chi connectivity index (χ0n) is 14.3. The van der Waals surface area contributed by atoms with Crippen LogP contribution in [-0.4, -0.2) is 38.8 Å². The van der Waals surface area contributed by atoms with Gasteiger partial charge in [0.1, 0.15) is 12.6 Å². The lowest BCUT2D eigenvalue weighted by Gasteiger charge is -2.25. The second-order valence-electron chi connectivity index (χ2n) is 6.65. The van der Waals surface area contributed by atoms with Gasteiger partial charge in [-0.2, -0.15) is 0 Å². The normalized spacial score (nSPS) is 19.7. The zero-order chi connectivity index (χ0) is 16.1. The highest BCUT2D eigenvalue weighted by Gasteiger charge is 2.20. The SMILES string of the molecule is Cc1cc(C)c(NC(=O)C[NH+](C)C[C@@H]2CCCCO2)c(C)c1. The summed E-state index contributed by atoms with van der Waals surface area (Å²) in [5, 5.41) is 3.07. The molecule has 2 rings (SSSR count). The predicted molar refractivity (Wildman–Crippen MR) is 89.5 cm³/mol. The van der Waals surface area contributed by atoms with Crippen LogP contribution in [0.15, 0.2) is 12.1 Å². The molecule has 0 aromatic heterocycles. The lowest BCUT2D eigenvalue weighted by molar-refractivity contribution is -0.874. The molecule has 1 heterocycles. The van der Waals surface area contributed by atoms with Crippen LogP contribution in [0.3, 0.4) is 0 Å². The third-order valence-corrected chi connectivity index (χ3v) is 4.25. The molecule has 2 N–H and O–H groups in total. The van der Waals surface area contributed by atoms with Crippen LogP contribution in [0.25, 0.3) is 0 Å². The number of hydrogen-bond donors (Lipinski definition) is 2. The average molecular weight is 305 g/mol. The molecule has 4 heteroatoms. The monoisotopic (exact) mass is 305 g/mol. The van der Waals surface area contributed by atoms with Crippen LogP contribution in [0.4, 0.5) is 5.69 Å². The molecular formula is C18H29N2O2+. The Morgan fingerprint density at radius 2 is 1.95 bits per heavy atom. The number of likely N-dealkylation sites (N-methyl/N-ethyl adjacent to an activating group) is 1. The van der Waals surface area contributed by atoms with Gasteiger partial charge in [-0.25, -0.2) is 0 Å². The number of nitrogens with one attached hydrogen (secondary N) is 2. The van der Waals surface area contributed by atoms with Crippen molar-refractivity contribution in [2.75, 3.05) is 32.1 Å². The summed E-state index contributed by atoms with van der Waals surface area (Å²) in [6.45, 7) is 8.41. The maximum absolute atomic E-state index is 12.3. The Hall–Kier alpha value is -1.39. The van der Waals surface area contributed by atoms with E-state index in [4.69, 9.17) is 4.74 Å². The van der Waals surface area contributed by atoms with Crippen molar-refractivity contribution in [2.45, 2.75) is 46.1 Å². The van der Waals surface area contributed by atoms with E-state index in [1.165, 1.54) is 23.3 Å². The van der Waals surface area contributed by atoms with Crippen LogP contribution in [0, 0.1) is 20.8 Å². The second-order valence-corrected chi connectivity index (χ2v) is 6.65. The molecule has 0 radical (unpaired) electrons. The molecule has 1 fully saturated rings. The first-order valence-electron chi connectivity index (χ1n) is 8.26. The fraction of sp³-hybridized carbons (Fsp3) is 0.611. The topological polar surface area (TPSA) is 42.8 Å². The maximum atomic E-state index is 12.3. The molecule has 0 bridgehead atoms. The largest absolute Gasteiger partial charge is 0.372 e. The van der Waals surface area contributed by atoms with Crippen LogP contribution in [0.2, 0.25) is 0 Å². The highest BCUT2D eigenvalue weighted by Crippen LogP contribution is 2.21. The molecule has 1 amide bonds. The molecule has 0 aliphatic carbocycles. The molecule has 0 spiro atoms. The number of benzene rings is 1. The molecule has 1 aliphatic heterocycles. The van der Waals surface area contributed by atoms with E-state index in [-0.39, 0.29) is 5.91 Å². The first-order valence-corrected chi connectivity index (χ1v) is 8.26. The van der Waals surface area contributed by atoms with Crippen LogP contribution in [0.1, 0.15) is 36.0 Å². The third kappa shape index (κ3) is 4.82. The molecule has 1 unspecified atom stereocenters.